The van der Waals surface area contributed by atoms with E-state index in [1.807, 2.05) is 11.8 Å². The van der Waals surface area contributed by atoms with Gasteiger partial charge in [0.15, 0.2) is 0 Å². The Bertz CT molecular complexity index is 622. The zero-order chi connectivity index (χ0) is 17.1. The van der Waals surface area contributed by atoms with Gasteiger partial charge in [-0.3, -0.25) is 14.5 Å². The van der Waals surface area contributed by atoms with Crippen LogP contribution in [0.15, 0.2) is 24.3 Å². The van der Waals surface area contributed by atoms with Gasteiger partial charge in [-0.25, -0.2) is 4.39 Å². The van der Waals surface area contributed by atoms with E-state index in [0.29, 0.717) is 31.6 Å². The van der Waals surface area contributed by atoms with E-state index in [1.165, 1.54) is 6.07 Å². The molecule has 2 fully saturated rings. The van der Waals surface area contributed by atoms with Crippen LogP contribution in [-0.4, -0.2) is 71.8 Å². The van der Waals surface area contributed by atoms with Crippen LogP contribution in [0, 0.1) is 5.82 Å². The predicted octanol–water partition coefficient (Wildman–Crippen LogP) is 1.13. The van der Waals surface area contributed by atoms with Crippen molar-refractivity contribution in [1.82, 2.24) is 14.7 Å². The Balaban J connectivity index is 1.64. The SMILES string of the molecule is CCN1CCN2CCN(C(=O)Cc3ccccc3F)CCC2C1=O. The molecule has 0 spiro atoms. The number of carbonyl (C=O) groups excluding carboxylic acids is 2. The normalized spacial score (nSPS) is 22.2. The summed E-state index contributed by atoms with van der Waals surface area (Å²) in [6.45, 7) is 6.21. The highest BCUT2D eigenvalue weighted by Crippen LogP contribution is 2.19. The number of benzene rings is 1. The molecule has 5 nitrogen and oxygen atoms in total. The van der Waals surface area contributed by atoms with Crippen molar-refractivity contribution in [1.29, 1.82) is 0 Å². The van der Waals surface area contributed by atoms with Crippen LogP contribution in [-0.2, 0) is 16.0 Å². The maximum atomic E-state index is 13.7. The molecular formula is C18H24FN3O2. The van der Waals surface area contributed by atoms with Gasteiger partial charge in [-0.05, 0) is 25.0 Å². The second-order valence-electron chi connectivity index (χ2n) is 6.41. The van der Waals surface area contributed by atoms with E-state index in [4.69, 9.17) is 0 Å². The Morgan fingerprint density at radius 3 is 2.67 bits per heavy atom. The highest BCUT2D eigenvalue weighted by Gasteiger charge is 2.36. The second-order valence-corrected chi connectivity index (χ2v) is 6.41. The summed E-state index contributed by atoms with van der Waals surface area (Å²) in [5.41, 5.74) is 0.428. The summed E-state index contributed by atoms with van der Waals surface area (Å²) in [5.74, 6) is -0.237. The number of likely N-dealkylation sites (N-methyl/N-ethyl adjacent to an activating group) is 1. The summed E-state index contributed by atoms with van der Waals surface area (Å²) in [6.07, 6.45) is 0.727. The Morgan fingerprint density at radius 2 is 1.92 bits per heavy atom. The third-order valence-corrected chi connectivity index (χ3v) is 5.06. The summed E-state index contributed by atoms with van der Waals surface area (Å²) in [7, 11) is 0. The van der Waals surface area contributed by atoms with Crippen LogP contribution in [0.25, 0.3) is 0 Å². The summed E-state index contributed by atoms with van der Waals surface area (Å²) < 4.78 is 13.7. The Morgan fingerprint density at radius 1 is 1.17 bits per heavy atom. The van der Waals surface area contributed by atoms with Gasteiger partial charge < -0.3 is 9.80 Å². The number of fused-ring (bicyclic) bond motifs is 1. The van der Waals surface area contributed by atoms with Crippen LogP contribution in [0.4, 0.5) is 4.39 Å². The first kappa shape index (κ1) is 16.9. The highest BCUT2D eigenvalue weighted by atomic mass is 19.1. The molecule has 1 aromatic rings. The lowest BCUT2D eigenvalue weighted by Gasteiger charge is -2.39. The van der Waals surface area contributed by atoms with Crippen molar-refractivity contribution in [3.8, 4) is 0 Å². The Labute approximate surface area is 142 Å². The third kappa shape index (κ3) is 3.43. The standard InChI is InChI=1S/C18H24FN3O2/c1-2-20-9-10-21-11-12-22(8-7-16(21)18(20)24)17(23)13-14-5-3-4-6-15(14)19/h3-6,16H,2,7-13H2,1H3. The minimum atomic E-state index is -0.341. The van der Waals surface area contributed by atoms with Crippen molar-refractivity contribution >= 4 is 11.8 Å². The van der Waals surface area contributed by atoms with Crippen LogP contribution < -0.4 is 0 Å². The van der Waals surface area contributed by atoms with Crippen molar-refractivity contribution in [3.63, 3.8) is 0 Å². The number of hydrogen-bond acceptors (Lipinski definition) is 3. The fourth-order valence-electron chi connectivity index (χ4n) is 3.57. The second kappa shape index (κ2) is 7.30. The summed E-state index contributed by atoms with van der Waals surface area (Å²) in [4.78, 5) is 30.9. The molecule has 2 aliphatic heterocycles. The topological polar surface area (TPSA) is 43.9 Å². The number of piperazine rings is 1. The van der Waals surface area contributed by atoms with Gasteiger partial charge in [0.2, 0.25) is 11.8 Å². The summed E-state index contributed by atoms with van der Waals surface area (Å²) in [6, 6.07) is 6.27. The fourth-order valence-corrected chi connectivity index (χ4v) is 3.57. The molecule has 0 N–H and O–H groups in total. The monoisotopic (exact) mass is 333 g/mol. The Hall–Kier alpha value is -1.95. The van der Waals surface area contributed by atoms with E-state index in [9.17, 15) is 14.0 Å². The highest BCUT2D eigenvalue weighted by molar-refractivity contribution is 5.83. The molecule has 2 amide bonds. The molecule has 0 aromatic heterocycles. The molecule has 2 saturated heterocycles. The van der Waals surface area contributed by atoms with Gasteiger partial charge in [-0.2, -0.15) is 0 Å². The fraction of sp³-hybridized carbons (Fsp3) is 0.556. The largest absolute Gasteiger partial charge is 0.341 e. The van der Waals surface area contributed by atoms with E-state index in [1.54, 1.807) is 23.1 Å². The van der Waals surface area contributed by atoms with Crippen molar-refractivity contribution < 1.29 is 14.0 Å². The molecule has 3 rings (SSSR count). The molecule has 130 valence electrons. The van der Waals surface area contributed by atoms with Gasteiger partial charge in [-0.15, -0.1) is 0 Å². The summed E-state index contributed by atoms with van der Waals surface area (Å²) >= 11 is 0. The van der Waals surface area contributed by atoms with Gasteiger partial charge in [0, 0.05) is 39.3 Å². The maximum absolute atomic E-state index is 13.7. The first-order chi connectivity index (χ1) is 11.6. The number of rotatable bonds is 3. The van der Waals surface area contributed by atoms with Crippen molar-refractivity contribution in [3.05, 3.63) is 35.6 Å². The molecule has 24 heavy (non-hydrogen) atoms. The quantitative estimate of drug-likeness (QED) is 0.833. The van der Waals surface area contributed by atoms with Crippen LogP contribution in [0.2, 0.25) is 0 Å². The lowest BCUT2D eigenvalue weighted by Crippen LogP contribution is -2.56. The van der Waals surface area contributed by atoms with Crippen LogP contribution in [0.1, 0.15) is 18.9 Å². The van der Waals surface area contributed by atoms with Crippen LogP contribution >= 0.6 is 0 Å². The lowest BCUT2D eigenvalue weighted by atomic mass is 10.1. The van der Waals surface area contributed by atoms with E-state index in [2.05, 4.69) is 4.90 Å². The van der Waals surface area contributed by atoms with Gasteiger partial charge in [0.1, 0.15) is 5.82 Å². The molecule has 1 unspecified atom stereocenters. The maximum Gasteiger partial charge on any atom is 0.240 e. The average molecular weight is 333 g/mol. The zero-order valence-corrected chi connectivity index (χ0v) is 14.1. The van der Waals surface area contributed by atoms with Gasteiger partial charge in [-0.1, -0.05) is 18.2 Å². The number of nitrogens with zero attached hydrogens (tertiary/aromatic N) is 3. The molecular weight excluding hydrogens is 309 g/mol. The van der Waals surface area contributed by atoms with Crippen molar-refractivity contribution in [2.75, 3.05) is 39.3 Å². The first-order valence-corrected chi connectivity index (χ1v) is 8.64. The van der Waals surface area contributed by atoms with Gasteiger partial charge >= 0.3 is 0 Å². The molecule has 1 atom stereocenters. The third-order valence-electron chi connectivity index (χ3n) is 5.06. The molecule has 6 heteroatoms. The molecule has 1 aromatic carbocycles. The van der Waals surface area contributed by atoms with Gasteiger partial charge in [0.05, 0.1) is 12.5 Å². The Kier molecular flexibility index (Phi) is 5.14. The lowest BCUT2D eigenvalue weighted by molar-refractivity contribution is -0.141. The number of amides is 2. The van der Waals surface area contributed by atoms with E-state index < -0.39 is 0 Å². The minimum absolute atomic E-state index is 0.0697. The van der Waals surface area contributed by atoms with Crippen LogP contribution in [0.5, 0.6) is 0 Å². The predicted molar refractivity (Wildman–Crippen MR) is 88.9 cm³/mol. The number of halogens is 1. The van der Waals surface area contributed by atoms with E-state index >= 15 is 0 Å². The van der Waals surface area contributed by atoms with Gasteiger partial charge in [0.25, 0.3) is 0 Å². The molecule has 2 aliphatic rings. The smallest absolute Gasteiger partial charge is 0.240 e. The number of carbonyl (C=O) groups is 2. The minimum Gasteiger partial charge on any atom is -0.341 e. The van der Waals surface area contributed by atoms with Crippen LogP contribution in [0.3, 0.4) is 0 Å². The zero-order valence-electron chi connectivity index (χ0n) is 14.1. The molecule has 0 radical (unpaired) electrons. The molecule has 2 heterocycles. The first-order valence-electron chi connectivity index (χ1n) is 8.64. The number of hydrogen-bond donors (Lipinski definition) is 0. The molecule has 0 aliphatic carbocycles. The molecule has 0 bridgehead atoms. The summed E-state index contributed by atoms with van der Waals surface area (Å²) in [5, 5.41) is 0. The van der Waals surface area contributed by atoms with E-state index in [0.717, 1.165) is 19.6 Å². The molecule has 0 saturated carbocycles. The van der Waals surface area contributed by atoms with E-state index in [-0.39, 0.29) is 30.1 Å². The average Bonchev–Trinajstić information content (AvgIpc) is 2.80. The van der Waals surface area contributed by atoms with Crippen molar-refractivity contribution in [2.45, 2.75) is 25.8 Å². The van der Waals surface area contributed by atoms with Crippen molar-refractivity contribution in [2.24, 2.45) is 0 Å².